The quantitative estimate of drug-likeness (QED) is 0.917. The van der Waals surface area contributed by atoms with Gasteiger partial charge in [0.15, 0.2) is 0 Å². The normalized spacial score (nSPS) is 9.36. The molecule has 0 radical (unpaired) electrons. The maximum atomic E-state index is 11.8. The second kappa shape index (κ2) is 7.47. The van der Waals surface area contributed by atoms with Gasteiger partial charge in [-0.1, -0.05) is 6.07 Å². The van der Waals surface area contributed by atoms with Crippen LogP contribution in [0.5, 0.6) is 5.75 Å². The molecule has 0 aliphatic heterocycles. The van der Waals surface area contributed by atoms with Crippen molar-refractivity contribution in [3.05, 3.63) is 59.7 Å². The number of hydrogen-bond acceptors (Lipinski definition) is 4. The molecule has 0 unspecified atom stereocenters. The first kappa shape index (κ1) is 15.1. The van der Waals surface area contributed by atoms with Crippen LogP contribution in [0.25, 0.3) is 0 Å². The largest absolute Gasteiger partial charge is 0.493 e. The van der Waals surface area contributed by atoms with E-state index in [-0.39, 0.29) is 18.9 Å². The SMILES string of the molecule is N#Cc1ccc(NC(=O)CCOc2cccc(C#N)c2)cc1. The maximum absolute atomic E-state index is 11.8. The van der Waals surface area contributed by atoms with Gasteiger partial charge in [0, 0.05) is 5.69 Å². The Balaban J connectivity index is 1.80. The molecule has 0 aliphatic carbocycles. The zero-order chi connectivity index (χ0) is 15.8. The van der Waals surface area contributed by atoms with Crippen LogP contribution in [-0.4, -0.2) is 12.5 Å². The summed E-state index contributed by atoms with van der Waals surface area (Å²) < 4.78 is 5.44. The van der Waals surface area contributed by atoms with Gasteiger partial charge in [-0.25, -0.2) is 0 Å². The summed E-state index contributed by atoms with van der Waals surface area (Å²) in [4.78, 5) is 11.8. The second-order valence-corrected chi connectivity index (χ2v) is 4.48. The number of amides is 1. The van der Waals surface area contributed by atoms with E-state index in [0.29, 0.717) is 22.6 Å². The fourth-order valence-corrected chi connectivity index (χ4v) is 1.77. The average molecular weight is 291 g/mol. The van der Waals surface area contributed by atoms with Crippen molar-refractivity contribution < 1.29 is 9.53 Å². The Hall–Kier alpha value is -3.31. The van der Waals surface area contributed by atoms with Crippen LogP contribution in [-0.2, 0) is 4.79 Å². The van der Waals surface area contributed by atoms with Crippen LogP contribution < -0.4 is 10.1 Å². The van der Waals surface area contributed by atoms with Crippen LogP contribution in [0.3, 0.4) is 0 Å². The number of nitrogens with one attached hydrogen (secondary N) is 1. The van der Waals surface area contributed by atoms with Gasteiger partial charge in [0.05, 0.1) is 36.3 Å². The summed E-state index contributed by atoms with van der Waals surface area (Å²) in [5, 5.41) is 20.2. The number of nitrogens with zero attached hydrogens (tertiary/aromatic N) is 2. The fourth-order valence-electron chi connectivity index (χ4n) is 1.77. The molecule has 0 bridgehead atoms. The van der Waals surface area contributed by atoms with E-state index in [1.54, 1.807) is 48.5 Å². The van der Waals surface area contributed by atoms with Gasteiger partial charge in [0.1, 0.15) is 5.75 Å². The minimum absolute atomic E-state index is 0.179. The van der Waals surface area contributed by atoms with E-state index in [0.717, 1.165) is 0 Å². The van der Waals surface area contributed by atoms with Crippen LogP contribution in [0.1, 0.15) is 17.5 Å². The van der Waals surface area contributed by atoms with E-state index in [2.05, 4.69) is 5.32 Å². The van der Waals surface area contributed by atoms with Gasteiger partial charge >= 0.3 is 0 Å². The Labute approximate surface area is 128 Å². The maximum Gasteiger partial charge on any atom is 0.227 e. The summed E-state index contributed by atoms with van der Waals surface area (Å²) in [5.74, 6) is 0.381. The monoisotopic (exact) mass is 291 g/mol. The molecule has 2 aromatic carbocycles. The van der Waals surface area contributed by atoms with Crippen molar-refractivity contribution in [3.63, 3.8) is 0 Å². The Morgan fingerprint density at radius 1 is 1.05 bits per heavy atom. The van der Waals surface area contributed by atoms with Crippen molar-refractivity contribution >= 4 is 11.6 Å². The first-order valence-corrected chi connectivity index (χ1v) is 6.64. The molecule has 2 rings (SSSR count). The van der Waals surface area contributed by atoms with Gasteiger partial charge in [-0.05, 0) is 42.5 Å². The van der Waals surface area contributed by atoms with Crippen molar-refractivity contribution in [1.82, 2.24) is 0 Å². The average Bonchev–Trinajstić information content (AvgIpc) is 2.56. The fraction of sp³-hybridized carbons (Fsp3) is 0.118. The topological polar surface area (TPSA) is 85.9 Å². The third-order valence-corrected chi connectivity index (χ3v) is 2.86. The van der Waals surface area contributed by atoms with Gasteiger partial charge in [-0.2, -0.15) is 10.5 Å². The molecule has 5 heteroatoms. The Bertz CT molecular complexity index is 740. The van der Waals surface area contributed by atoms with E-state index >= 15 is 0 Å². The highest BCUT2D eigenvalue weighted by Crippen LogP contribution is 2.13. The molecule has 2 aromatic rings. The van der Waals surface area contributed by atoms with Gasteiger partial charge < -0.3 is 10.1 Å². The summed E-state index contributed by atoms with van der Waals surface area (Å²) in [7, 11) is 0. The highest BCUT2D eigenvalue weighted by molar-refractivity contribution is 5.90. The number of ether oxygens (including phenoxy) is 1. The summed E-state index contributed by atoms with van der Waals surface area (Å²) >= 11 is 0. The predicted molar refractivity (Wildman–Crippen MR) is 81.1 cm³/mol. The third-order valence-electron chi connectivity index (χ3n) is 2.86. The Morgan fingerprint density at radius 2 is 1.77 bits per heavy atom. The summed E-state index contributed by atoms with van der Waals surface area (Å²) in [6.07, 6.45) is 0.191. The van der Waals surface area contributed by atoms with E-state index in [1.807, 2.05) is 12.1 Å². The Kier molecular flexibility index (Phi) is 5.12. The van der Waals surface area contributed by atoms with Crippen molar-refractivity contribution in [2.75, 3.05) is 11.9 Å². The lowest BCUT2D eigenvalue weighted by Crippen LogP contribution is -2.15. The predicted octanol–water partition coefficient (Wildman–Crippen LogP) is 2.84. The lowest BCUT2D eigenvalue weighted by atomic mass is 10.2. The molecule has 0 saturated heterocycles. The van der Waals surface area contributed by atoms with Gasteiger partial charge in [-0.15, -0.1) is 0 Å². The molecule has 22 heavy (non-hydrogen) atoms. The minimum Gasteiger partial charge on any atom is -0.493 e. The highest BCUT2D eigenvalue weighted by Gasteiger charge is 2.04. The summed E-state index contributed by atoms with van der Waals surface area (Å²) in [6.45, 7) is 0.219. The lowest BCUT2D eigenvalue weighted by Gasteiger charge is -2.07. The first-order chi connectivity index (χ1) is 10.7. The van der Waals surface area contributed by atoms with E-state index in [4.69, 9.17) is 15.3 Å². The molecule has 5 nitrogen and oxygen atoms in total. The van der Waals surface area contributed by atoms with E-state index in [9.17, 15) is 4.79 Å². The zero-order valence-corrected chi connectivity index (χ0v) is 11.7. The molecular formula is C17H13N3O2. The van der Waals surface area contributed by atoms with E-state index < -0.39 is 0 Å². The van der Waals surface area contributed by atoms with E-state index in [1.165, 1.54) is 0 Å². The van der Waals surface area contributed by atoms with Crippen LogP contribution in [0.15, 0.2) is 48.5 Å². The smallest absolute Gasteiger partial charge is 0.227 e. The molecular weight excluding hydrogens is 278 g/mol. The van der Waals surface area contributed by atoms with Crippen LogP contribution in [0.4, 0.5) is 5.69 Å². The number of hydrogen-bond donors (Lipinski definition) is 1. The van der Waals surface area contributed by atoms with Gasteiger partial charge in [-0.3, -0.25) is 4.79 Å². The molecule has 0 heterocycles. The summed E-state index contributed by atoms with van der Waals surface area (Å²) in [5.41, 5.74) is 1.69. The molecule has 1 N–H and O–H groups in total. The van der Waals surface area contributed by atoms with Crippen molar-refractivity contribution in [2.45, 2.75) is 6.42 Å². The number of carbonyl (C=O) groups excluding carboxylic acids is 1. The molecule has 1 amide bonds. The molecule has 0 spiro atoms. The minimum atomic E-state index is -0.179. The van der Waals surface area contributed by atoms with Gasteiger partial charge in [0.25, 0.3) is 0 Å². The zero-order valence-electron chi connectivity index (χ0n) is 11.7. The van der Waals surface area contributed by atoms with Crippen LogP contribution in [0.2, 0.25) is 0 Å². The molecule has 0 aromatic heterocycles. The highest BCUT2D eigenvalue weighted by atomic mass is 16.5. The molecule has 0 saturated carbocycles. The number of carbonyl (C=O) groups is 1. The van der Waals surface area contributed by atoms with Gasteiger partial charge in [0.2, 0.25) is 5.91 Å². The van der Waals surface area contributed by atoms with Crippen molar-refractivity contribution in [3.8, 4) is 17.9 Å². The molecule has 0 fully saturated rings. The summed E-state index contributed by atoms with van der Waals surface area (Å²) in [6, 6.07) is 17.4. The number of anilines is 1. The van der Waals surface area contributed by atoms with Crippen molar-refractivity contribution in [1.29, 1.82) is 10.5 Å². The lowest BCUT2D eigenvalue weighted by molar-refractivity contribution is -0.116. The second-order valence-electron chi connectivity index (χ2n) is 4.48. The number of nitriles is 2. The number of rotatable bonds is 5. The Morgan fingerprint density at radius 3 is 2.45 bits per heavy atom. The first-order valence-electron chi connectivity index (χ1n) is 6.64. The standard InChI is InChI=1S/C17H13N3O2/c18-11-13-4-6-15(7-5-13)20-17(21)8-9-22-16-3-1-2-14(10-16)12-19/h1-7,10H,8-9H2,(H,20,21). The molecule has 0 atom stereocenters. The molecule has 108 valence electrons. The molecule has 0 aliphatic rings. The van der Waals surface area contributed by atoms with Crippen LogP contribution >= 0.6 is 0 Å². The third kappa shape index (κ3) is 4.36. The van der Waals surface area contributed by atoms with Crippen LogP contribution in [0, 0.1) is 22.7 Å². The van der Waals surface area contributed by atoms with Crippen molar-refractivity contribution in [2.24, 2.45) is 0 Å². The number of benzene rings is 2.